The van der Waals surface area contributed by atoms with Gasteiger partial charge in [0.15, 0.2) is 0 Å². The molecule has 5 nitrogen and oxygen atoms in total. The maximum atomic E-state index is 8.89. The summed E-state index contributed by atoms with van der Waals surface area (Å²) in [5.74, 6) is 0. The Labute approximate surface area is 93.8 Å². The zero-order valence-corrected chi connectivity index (χ0v) is 9.22. The second-order valence-electron chi connectivity index (χ2n) is 3.69. The monoisotopic (exact) mass is 219 g/mol. The molecular formula is C11H15N4O+. The first-order valence-electron chi connectivity index (χ1n) is 5.22. The van der Waals surface area contributed by atoms with E-state index in [1.54, 1.807) is 12.4 Å². The summed E-state index contributed by atoms with van der Waals surface area (Å²) in [5, 5.41) is 8.89. The summed E-state index contributed by atoms with van der Waals surface area (Å²) in [5.41, 5.74) is 3.27. The van der Waals surface area contributed by atoms with Gasteiger partial charge in [0.25, 0.3) is 0 Å². The number of aliphatic hydroxyl groups excluding tert-OH is 1. The maximum absolute atomic E-state index is 8.89. The summed E-state index contributed by atoms with van der Waals surface area (Å²) in [7, 11) is 0. The van der Waals surface area contributed by atoms with E-state index in [9.17, 15) is 0 Å². The Bertz CT molecular complexity index is 452. The van der Waals surface area contributed by atoms with Crippen LogP contribution >= 0.6 is 0 Å². The van der Waals surface area contributed by atoms with E-state index in [1.807, 2.05) is 13.3 Å². The molecule has 0 unspecified atom stereocenters. The van der Waals surface area contributed by atoms with E-state index in [2.05, 4.69) is 19.5 Å². The van der Waals surface area contributed by atoms with Crippen molar-refractivity contribution in [2.45, 2.75) is 19.9 Å². The smallest absolute Gasteiger partial charge is 0.242 e. The third-order valence-electron chi connectivity index (χ3n) is 2.59. The van der Waals surface area contributed by atoms with Crippen LogP contribution in [0.3, 0.4) is 0 Å². The van der Waals surface area contributed by atoms with Crippen molar-refractivity contribution in [3.05, 3.63) is 42.0 Å². The van der Waals surface area contributed by atoms with E-state index in [0.717, 1.165) is 23.5 Å². The zero-order valence-electron chi connectivity index (χ0n) is 9.22. The molecule has 0 saturated heterocycles. The van der Waals surface area contributed by atoms with Crippen LogP contribution in [-0.4, -0.2) is 26.7 Å². The highest BCUT2D eigenvalue weighted by Crippen LogP contribution is 2.01. The third kappa shape index (κ3) is 2.25. The molecule has 16 heavy (non-hydrogen) atoms. The molecule has 0 fully saturated rings. The predicted molar refractivity (Wildman–Crippen MR) is 57.6 cm³/mol. The van der Waals surface area contributed by atoms with Crippen LogP contribution in [0.25, 0.3) is 0 Å². The van der Waals surface area contributed by atoms with Crippen molar-refractivity contribution in [3.8, 4) is 0 Å². The highest BCUT2D eigenvalue weighted by Gasteiger charge is 2.12. The molecule has 2 aromatic rings. The van der Waals surface area contributed by atoms with Gasteiger partial charge in [-0.25, -0.2) is 19.5 Å². The van der Waals surface area contributed by atoms with Crippen LogP contribution < -0.4 is 4.57 Å². The van der Waals surface area contributed by atoms with Crippen LogP contribution in [0.1, 0.15) is 17.0 Å². The second kappa shape index (κ2) is 4.85. The summed E-state index contributed by atoms with van der Waals surface area (Å²) < 4.78 is 2.09. The number of hydrogen-bond donors (Lipinski definition) is 2. The fourth-order valence-electron chi connectivity index (χ4n) is 1.67. The molecule has 2 N–H and O–H groups in total. The molecule has 0 atom stereocenters. The average Bonchev–Trinajstić information content (AvgIpc) is 2.64. The SMILES string of the molecule is Cc1c(CCO)[nH]c[n+]1Cc1cncnc1. The van der Waals surface area contributed by atoms with Gasteiger partial charge in [-0.15, -0.1) is 0 Å². The van der Waals surface area contributed by atoms with Gasteiger partial charge in [0, 0.05) is 31.3 Å². The molecule has 0 amide bonds. The molecule has 0 radical (unpaired) electrons. The van der Waals surface area contributed by atoms with E-state index in [1.165, 1.54) is 6.33 Å². The van der Waals surface area contributed by atoms with Gasteiger partial charge in [-0.2, -0.15) is 0 Å². The summed E-state index contributed by atoms with van der Waals surface area (Å²) in [6.07, 6.45) is 7.70. The Kier molecular flexibility index (Phi) is 3.26. The first-order valence-corrected chi connectivity index (χ1v) is 5.22. The van der Waals surface area contributed by atoms with E-state index in [4.69, 9.17) is 5.11 Å². The van der Waals surface area contributed by atoms with Gasteiger partial charge < -0.3 is 5.11 Å². The number of nitrogens with zero attached hydrogens (tertiary/aromatic N) is 3. The second-order valence-corrected chi connectivity index (χ2v) is 3.69. The lowest BCUT2D eigenvalue weighted by Gasteiger charge is -1.98. The number of imidazole rings is 1. The van der Waals surface area contributed by atoms with Crippen molar-refractivity contribution in [2.24, 2.45) is 0 Å². The molecule has 2 aromatic heterocycles. The van der Waals surface area contributed by atoms with Gasteiger partial charge in [-0.05, 0) is 0 Å². The highest BCUT2D eigenvalue weighted by atomic mass is 16.3. The van der Waals surface area contributed by atoms with Crippen LogP contribution in [0.2, 0.25) is 0 Å². The standard InChI is InChI=1S/C11H14N4O/c1-9-11(2-3-16)14-8-15(9)6-10-4-12-7-13-5-10/h4-5,7-8,16H,2-3,6H2,1H3/p+1. The van der Waals surface area contributed by atoms with Crippen LogP contribution in [-0.2, 0) is 13.0 Å². The topological polar surface area (TPSA) is 65.7 Å². The zero-order chi connectivity index (χ0) is 11.4. The number of rotatable bonds is 4. The Morgan fingerprint density at radius 1 is 1.38 bits per heavy atom. The van der Waals surface area contributed by atoms with Crippen LogP contribution in [0.5, 0.6) is 0 Å². The number of nitrogens with one attached hydrogen (secondary N) is 1. The van der Waals surface area contributed by atoms with Gasteiger partial charge in [0.2, 0.25) is 6.33 Å². The van der Waals surface area contributed by atoms with Crippen molar-refractivity contribution in [2.75, 3.05) is 6.61 Å². The van der Waals surface area contributed by atoms with E-state index in [-0.39, 0.29) is 6.61 Å². The predicted octanol–water partition coefficient (Wildman–Crippen LogP) is -0.0163. The Hall–Kier alpha value is -1.75. The third-order valence-corrected chi connectivity index (χ3v) is 2.59. The number of aromatic amines is 1. The molecule has 0 aliphatic carbocycles. The van der Waals surface area contributed by atoms with Gasteiger partial charge in [0.05, 0.1) is 6.61 Å². The minimum absolute atomic E-state index is 0.163. The number of aromatic nitrogens is 4. The van der Waals surface area contributed by atoms with Crippen molar-refractivity contribution < 1.29 is 9.67 Å². The summed E-state index contributed by atoms with van der Waals surface area (Å²) >= 11 is 0. The number of hydrogen-bond acceptors (Lipinski definition) is 3. The number of H-pyrrole nitrogens is 1. The Morgan fingerprint density at radius 2 is 2.12 bits per heavy atom. The lowest BCUT2D eigenvalue weighted by Crippen LogP contribution is -2.35. The van der Waals surface area contributed by atoms with Crippen LogP contribution in [0.4, 0.5) is 0 Å². The van der Waals surface area contributed by atoms with Gasteiger partial charge in [0.1, 0.15) is 24.3 Å². The largest absolute Gasteiger partial charge is 0.396 e. The molecule has 0 saturated carbocycles. The maximum Gasteiger partial charge on any atom is 0.242 e. The Morgan fingerprint density at radius 3 is 2.81 bits per heavy atom. The highest BCUT2D eigenvalue weighted by molar-refractivity contribution is 5.05. The molecular weight excluding hydrogens is 204 g/mol. The van der Waals surface area contributed by atoms with E-state index < -0.39 is 0 Å². The summed E-state index contributed by atoms with van der Waals surface area (Å²) in [4.78, 5) is 11.1. The molecule has 84 valence electrons. The molecule has 2 heterocycles. The molecule has 0 aliphatic heterocycles. The lowest BCUT2D eigenvalue weighted by atomic mass is 10.2. The fourth-order valence-corrected chi connectivity index (χ4v) is 1.67. The molecule has 0 aliphatic rings. The molecule has 2 rings (SSSR count). The molecule has 0 spiro atoms. The summed E-state index contributed by atoms with van der Waals surface area (Å²) in [6.45, 7) is 2.94. The Balaban J connectivity index is 2.16. The fraction of sp³-hybridized carbons (Fsp3) is 0.364. The molecule has 0 bridgehead atoms. The molecule has 0 aromatic carbocycles. The first kappa shape index (κ1) is 10.8. The molecule has 5 heteroatoms. The van der Waals surface area contributed by atoms with Crippen molar-refractivity contribution >= 4 is 0 Å². The first-order chi connectivity index (χ1) is 7.81. The quantitative estimate of drug-likeness (QED) is 0.710. The van der Waals surface area contributed by atoms with E-state index in [0.29, 0.717) is 6.42 Å². The summed E-state index contributed by atoms with van der Waals surface area (Å²) in [6, 6.07) is 0. The van der Waals surface area contributed by atoms with Crippen molar-refractivity contribution in [1.29, 1.82) is 0 Å². The van der Waals surface area contributed by atoms with Gasteiger partial charge in [-0.3, -0.25) is 0 Å². The van der Waals surface area contributed by atoms with Crippen molar-refractivity contribution in [3.63, 3.8) is 0 Å². The van der Waals surface area contributed by atoms with Gasteiger partial charge in [-0.1, -0.05) is 0 Å². The van der Waals surface area contributed by atoms with Crippen LogP contribution in [0.15, 0.2) is 25.0 Å². The van der Waals surface area contributed by atoms with E-state index >= 15 is 0 Å². The lowest BCUT2D eigenvalue weighted by molar-refractivity contribution is -0.693. The normalized spacial score (nSPS) is 10.6. The number of aliphatic hydroxyl groups is 1. The average molecular weight is 219 g/mol. The van der Waals surface area contributed by atoms with Crippen molar-refractivity contribution in [1.82, 2.24) is 15.0 Å². The van der Waals surface area contributed by atoms with Crippen LogP contribution in [0, 0.1) is 6.92 Å². The minimum atomic E-state index is 0.163. The minimum Gasteiger partial charge on any atom is -0.396 e. The van der Waals surface area contributed by atoms with Gasteiger partial charge >= 0.3 is 0 Å².